The number of nitrogens with zero attached hydrogens (tertiary/aromatic N) is 2. The second kappa shape index (κ2) is 9.96. The molecular weight excluding hydrogens is 440 g/mol. The zero-order valence-electron chi connectivity index (χ0n) is 21.4. The van der Waals surface area contributed by atoms with Gasteiger partial charge in [-0.05, 0) is 42.0 Å². The van der Waals surface area contributed by atoms with Crippen molar-refractivity contribution < 1.29 is 19.4 Å². The van der Waals surface area contributed by atoms with E-state index in [4.69, 9.17) is 4.74 Å². The van der Waals surface area contributed by atoms with Crippen LogP contribution in [0.25, 0.3) is 5.76 Å². The van der Waals surface area contributed by atoms with Crippen molar-refractivity contribution in [3.8, 4) is 0 Å². The number of aryl methyl sites for hydroxylation is 2. The highest BCUT2D eigenvalue weighted by molar-refractivity contribution is 6.46. The number of rotatable bonds is 5. The van der Waals surface area contributed by atoms with Crippen molar-refractivity contribution in [1.29, 1.82) is 0 Å². The molecule has 2 aromatic carbocycles. The maximum absolute atomic E-state index is 13.3. The molecule has 186 valence electrons. The van der Waals surface area contributed by atoms with Crippen molar-refractivity contribution in [3.63, 3.8) is 0 Å². The molecule has 1 amide bonds. The number of morpholine rings is 1. The Bertz CT molecular complexity index is 1140. The quantitative estimate of drug-likeness (QED) is 0.395. The van der Waals surface area contributed by atoms with Gasteiger partial charge in [0.25, 0.3) is 11.7 Å². The summed E-state index contributed by atoms with van der Waals surface area (Å²) in [6.07, 6.45) is 0. The largest absolute Gasteiger partial charge is 0.507 e. The summed E-state index contributed by atoms with van der Waals surface area (Å²) in [6.45, 7) is 14.3. The summed E-state index contributed by atoms with van der Waals surface area (Å²) in [5.74, 6) is -1.30. The molecule has 0 aliphatic carbocycles. The lowest BCUT2D eigenvalue weighted by Gasteiger charge is -2.31. The van der Waals surface area contributed by atoms with Crippen molar-refractivity contribution in [1.82, 2.24) is 9.80 Å². The van der Waals surface area contributed by atoms with Gasteiger partial charge < -0.3 is 14.7 Å². The minimum atomic E-state index is -0.634. The smallest absolute Gasteiger partial charge is 0.295 e. The zero-order valence-corrected chi connectivity index (χ0v) is 21.4. The van der Waals surface area contributed by atoms with Gasteiger partial charge in [0.1, 0.15) is 5.76 Å². The predicted molar refractivity (Wildman–Crippen MR) is 137 cm³/mol. The molecule has 1 N–H and O–H groups in total. The number of likely N-dealkylation sites (tertiary alicyclic amines) is 1. The standard InChI is InChI=1S/C29H36N2O4/c1-19-6-7-20(2)23(18-19)26(32)24-25(21-8-10-22(11-9-21)29(3,4)5)31(28(34)27(24)33)13-12-30-14-16-35-17-15-30/h6-11,18,25,32H,12-17H2,1-5H3/b26-24+. The highest BCUT2D eigenvalue weighted by Crippen LogP contribution is 2.40. The van der Waals surface area contributed by atoms with Crippen molar-refractivity contribution >= 4 is 17.4 Å². The van der Waals surface area contributed by atoms with Crippen LogP contribution in [0, 0.1) is 13.8 Å². The van der Waals surface area contributed by atoms with Crippen molar-refractivity contribution in [3.05, 3.63) is 75.9 Å². The van der Waals surface area contributed by atoms with Gasteiger partial charge in [-0.2, -0.15) is 0 Å². The average molecular weight is 477 g/mol. The van der Waals surface area contributed by atoms with Crippen LogP contribution in [-0.2, 0) is 19.7 Å². The fourth-order valence-electron chi connectivity index (χ4n) is 4.83. The Morgan fingerprint density at radius 2 is 1.66 bits per heavy atom. The van der Waals surface area contributed by atoms with E-state index in [1.54, 1.807) is 4.90 Å². The highest BCUT2D eigenvalue weighted by Gasteiger charge is 2.46. The van der Waals surface area contributed by atoms with Gasteiger partial charge in [-0.25, -0.2) is 0 Å². The number of aliphatic hydroxyl groups is 1. The van der Waals surface area contributed by atoms with Crippen LogP contribution in [-0.4, -0.2) is 66.0 Å². The molecule has 1 atom stereocenters. The number of hydrogen-bond acceptors (Lipinski definition) is 5. The first-order valence-electron chi connectivity index (χ1n) is 12.3. The molecule has 0 radical (unpaired) electrons. The van der Waals surface area contributed by atoms with Crippen molar-refractivity contribution in [2.45, 2.75) is 46.1 Å². The number of aliphatic hydroxyl groups excluding tert-OH is 1. The fourth-order valence-corrected chi connectivity index (χ4v) is 4.83. The number of Topliss-reactive ketones (excluding diaryl/α,β-unsaturated/α-hetero) is 1. The van der Waals surface area contributed by atoms with Crippen LogP contribution in [0.4, 0.5) is 0 Å². The third-order valence-corrected chi connectivity index (χ3v) is 7.04. The van der Waals surface area contributed by atoms with E-state index in [-0.39, 0.29) is 16.7 Å². The molecule has 0 spiro atoms. The molecule has 2 aliphatic heterocycles. The number of ketones is 1. The first-order valence-corrected chi connectivity index (χ1v) is 12.3. The van der Waals surface area contributed by atoms with Gasteiger partial charge in [0.15, 0.2) is 0 Å². The highest BCUT2D eigenvalue weighted by atomic mass is 16.5. The van der Waals surface area contributed by atoms with E-state index in [9.17, 15) is 14.7 Å². The van der Waals surface area contributed by atoms with E-state index in [0.29, 0.717) is 31.9 Å². The molecule has 2 fully saturated rings. The van der Waals surface area contributed by atoms with Gasteiger partial charge >= 0.3 is 0 Å². The predicted octanol–water partition coefficient (Wildman–Crippen LogP) is 4.35. The molecule has 1 unspecified atom stereocenters. The van der Waals surface area contributed by atoms with Crippen LogP contribution in [0.5, 0.6) is 0 Å². The molecule has 2 aliphatic rings. The van der Waals surface area contributed by atoms with Crippen LogP contribution in [0.2, 0.25) is 0 Å². The fraction of sp³-hybridized carbons (Fsp3) is 0.448. The van der Waals surface area contributed by atoms with Crippen LogP contribution in [0.1, 0.15) is 54.6 Å². The molecule has 2 heterocycles. The van der Waals surface area contributed by atoms with Gasteiger partial charge in [0.05, 0.1) is 24.8 Å². The average Bonchev–Trinajstić information content (AvgIpc) is 3.09. The zero-order chi connectivity index (χ0) is 25.3. The van der Waals surface area contributed by atoms with Gasteiger partial charge in [-0.1, -0.05) is 62.7 Å². The van der Waals surface area contributed by atoms with E-state index in [1.807, 2.05) is 44.2 Å². The lowest BCUT2D eigenvalue weighted by molar-refractivity contribution is -0.140. The van der Waals surface area contributed by atoms with Crippen molar-refractivity contribution in [2.24, 2.45) is 0 Å². The molecule has 6 nitrogen and oxygen atoms in total. The third kappa shape index (κ3) is 5.19. The summed E-state index contributed by atoms with van der Waals surface area (Å²) in [6, 6.07) is 13.2. The van der Waals surface area contributed by atoms with E-state index in [1.165, 1.54) is 5.56 Å². The second-order valence-corrected chi connectivity index (χ2v) is 10.6. The Morgan fingerprint density at radius 3 is 2.29 bits per heavy atom. The summed E-state index contributed by atoms with van der Waals surface area (Å²) < 4.78 is 5.44. The SMILES string of the molecule is Cc1ccc(C)c(/C(O)=C2\C(=O)C(=O)N(CCN3CCOCC3)C2c2ccc(C(C)(C)C)cc2)c1. The number of carbonyl (C=O) groups is 2. The summed E-state index contributed by atoms with van der Waals surface area (Å²) in [5, 5.41) is 11.4. The Balaban J connectivity index is 1.78. The molecule has 0 bridgehead atoms. The molecule has 2 aromatic rings. The van der Waals surface area contributed by atoms with E-state index < -0.39 is 17.7 Å². The molecular formula is C29H36N2O4. The molecule has 0 aromatic heterocycles. The van der Waals surface area contributed by atoms with Gasteiger partial charge in [0, 0.05) is 31.7 Å². The number of amides is 1. The molecule has 2 saturated heterocycles. The van der Waals surface area contributed by atoms with E-state index >= 15 is 0 Å². The Hall–Kier alpha value is -2.96. The minimum absolute atomic E-state index is 0.0185. The maximum atomic E-state index is 13.3. The van der Waals surface area contributed by atoms with Crippen LogP contribution < -0.4 is 0 Å². The Labute approximate surface area is 208 Å². The number of benzene rings is 2. The first kappa shape index (κ1) is 25.1. The van der Waals surface area contributed by atoms with Gasteiger partial charge in [-0.3, -0.25) is 14.5 Å². The summed E-state index contributed by atoms with van der Waals surface area (Å²) >= 11 is 0. The van der Waals surface area contributed by atoms with Gasteiger partial charge in [-0.15, -0.1) is 0 Å². The lowest BCUT2D eigenvalue weighted by atomic mass is 9.85. The summed E-state index contributed by atoms with van der Waals surface area (Å²) in [5.41, 5.74) is 4.56. The maximum Gasteiger partial charge on any atom is 0.295 e. The van der Waals surface area contributed by atoms with E-state index in [2.05, 4.69) is 37.8 Å². The number of ether oxygens (including phenoxy) is 1. The summed E-state index contributed by atoms with van der Waals surface area (Å²) in [7, 11) is 0. The Kier molecular flexibility index (Phi) is 7.15. The number of carbonyl (C=O) groups excluding carboxylic acids is 2. The second-order valence-electron chi connectivity index (χ2n) is 10.6. The monoisotopic (exact) mass is 476 g/mol. The Morgan fingerprint density at radius 1 is 1.00 bits per heavy atom. The lowest BCUT2D eigenvalue weighted by Crippen LogP contribution is -2.42. The molecule has 6 heteroatoms. The molecule has 0 saturated carbocycles. The van der Waals surface area contributed by atoms with Crippen LogP contribution in [0.3, 0.4) is 0 Å². The third-order valence-electron chi connectivity index (χ3n) is 7.04. The van der Waals surface area contributed by atoms with E-state index in [0.717, 1.165) is 29.8 Å². The first-order chi connectivity index (χ1) is 16.6. The van der Waals surface area contributed by atoms with Crippen molar-refractivity contribution in [2.75, 3.05) is 39.4 Å². The summed E-state index contributed by atoms with van der Waals surface area (Å²) in [4.78, 5) is 30.5. The van der Waals surface area contributed by atoms with Gasteiger partial charge in [0.2, 0.25) is 0 Å². The minimum Gasteiger partial charge on any atom is -0.507 e. The topological polar surface area (TPSA) is 70.1 Å². The number of hydrogen-bond donors (Lipinski definition) is 1. The van der Waals surface area contributed by atoms with Crippen LogP contribution >= 0.6 is 0 Å². The van der Waals surface area contributed by atoms with Crippen LogP contribution in [0.15, 0.2) is 48.0 Å². The molecule has 35 heavy (non-hydrogen) atoms. The molecule has 4 rings (SSSR count). The normalized spacial score (nSPS) is 21.1.